The zero-order valence-electron chi connectivity index (χ0n) is 14.4. The van der Waals surface area contributed by atoms with E-state index in [1.807, 2.05) is 12.1 Å². The van der Waals surface area contributed by atoms with Gasteiger partial charge in [-0.25, -0.2) is 13.9 Å². The molecule has 0 bridgehead atoms. The van der Waals surface area contributed by atoms with E-state index < -0.39 is 0 Å². The van der Waals surface area contributed by atoms with Gasteiger partial charge < -0.3 is 4.74 Å². The Morgan fingerprint density at radius 3 is 2.87 bits per heavy atom. The van der Waals surface area contributed by atoms with Crippen molar-refractivity contribution in [3.8, 4) is 0 Å². The summed E-state index contributed by atoms with van der Waals surface area (Å²) >= 11 is 0. The van der Waals surface area contributed by atoms with Crippen molar-refractivity contribution in [2.24, 2.45) is 13.0 Å². The van der Waals surface area contributed by atoms with Crippen LogP contribution in [-0.2, 0) is 29.5 Å². The van der Waals surface area contributed by atoms with E-state index in [1.54, 1.807) is 0 Å². The quantitative estimate of drug-likeness (QED) is 0.642. The van der Waals surface area contributed by atoms with Crippen LogP contribution in [0.2, 0.25) is 0 Å². The first-order valence-electron chi connectivity index (χ1n) is 8.75. The smallest absolute Gasteiger partial charge is 0.348 e. The van der Waals surface area contributed by atoms with Crippen LogP contribution in [-0.4, -0.2) is 16.6 Å². The van der Waals surface area contributed by atoms with Crippen molar-refractivity contribution in [2.45, 2.75) is 58.6 Å². The summed E-state index contributed by atoms with van der Waals surface area (Å²) in [6.45, 7) is 4.67. The second-order valence-electron chi connectivity index (χ2n) is 6.79. The highest BCUT2D eigenvalue weighted by atomic mass is 16.5. The zero-order chi connectivity index (χ0) is 16.4. The van der Waals surface area contributed by atoms with Gasteiger partial charge in [-0.2, -0.15) is 0 Å². The number of rotatable bonds is 4. The molecule has 2 atom stereocenters. The molecule has 1 aliphatic carbocycles. The fourth-order valence-corrected chi connectivity index (χ4v) is 3.88. The van der Waals surface area contributed by atoms with E-state index in [1.165, 1.54) is 12.8 Å². The highest BCUT2D eigenvalue weighted by Gasteiger charge is 2.26. The van der Waals surface area contributed by atoms with E-state index in [0.717, 1.165) is 36.1 Å². The molecule has 0 amide bonds. The number of nitrogens with zero attached hydrogens (tertiary/aromatic N) is 2. The summed E-state index contributed by atoms with van der Waals surface area (Å²) in [4.78, 5) is 12.5. The van der Waals surface area contributed by atoms with Gasteiger partial charge in [-0.15, -0.1) is 0 Å². The van der Waals surface area contributed by atoms with Gasteiger partial charge in [0.1, 0.15) is 6.10 Å². The van der Waals surface area contributed by atoms with Crippen molar-refractivity contribution >= 4 is 17.0 Å². The van der Waals surface area contributed by atoms with Crippen LogP contribution < -0.4 is 4.57 Å². The molecule has 1 aromatic heterocycles. The van der Waals surface area contributed by atoms with E-state index in [0.29, 0.717) is 12.5 Å². The van der Waals surface area contributed by atoms with E-state index in [-0.39, 0.29) is 12.1 Å². The summed E-state index contributed by atoms with van der Waals surface area (Å²) in [6, 6.07) is 8.23. The predicted molar refractivity (Wildman–Crippen MR) is 90.0 cm³/mol. The van der Waals surface area contributed by atoms with E-state index in [4.69, 9.17) is 4.74 Å². The van der Waals surface area contributed by atoms with Gasteiger partial charge in [-0.3, -0.25) is 0 Å². The summed E-state index contributed by atoms with van der Waals surface area (Å²) in [5, 5.41) is 0. The molecule has 4 heteroatoms. The van der Waals surface area contributed by atoms with Crippen LogP contribution in [0.4, 0.5) is 0 Å². The molecule has 4 nitrogen and oxygen atoms in total. The number of esters is 1. The van der Waals surface area contributed by atoms with Crippen molar-refractivity contribution in [1.82, 2.24) is 4.57 Å². The Labute approximate surface area is 138 Å². The summed E-state index contributed by atoms with van der Waals surface area (Å²) < 4.78 is 10.0. The molecule has 1 heterocycles. The van der Waals surface area contributed by atoms with Gasteiger partial charge in [-0.05, 0) is 37.3 Å². The Hall–Kier alpha value is -1.84. The first-order valence-corrected chi connectivity index (χ1v) is 8.75. The topological polar surface area (TPSA) is 35.1 Å². The molecule has 3 rings (SSSR count). The molecule has 1 unspecified atom stereocenters. The van der Waals surface area contributed by atoms with Gasteiger partial charge >= 0.3 is 5.97 Å². The summed E-state index contributed by atoms with van der Waals surface area (Å²) in [5.74, 6) is 1.71. The third kappa shape index (κ3) is 3.26. The van der Waals surface area contributed by atoms with Crippen molar-refractivity contribution in [1.29, 1.82) is 0 Å². The fraction of sp³-hybridized carbons (Fsp3) is 0.579. The first kappa shape index (κ1) is 16.0. The minimum Gasteiger partial charge on any atom is -0.459 e. The molecule has 0 spiro atoms. The Bertz CT molecular complexity index is 705. The van der Waals surface area contributed by atoms with Crippen LogP contribution in [0.5, 0.6) is 0 Å². The summed E-state index contributed by atoms with van der Waals surface area (Å²) in [5.41, 5.74) is 2.25. The maximum Gasteiger partial charge on any atom is 0.348 e. The molecule has 0 aliphatic heterocycles. The van der Waals surface area contributed by atoms with E-state index in [9.17, 15) is 4.79 Å². The maximum atomic E-state index is 12.5. The number of hydrogen-bond acceptors (Lipinski definition) is 2. The van der Waals surface area contributed by atoms with Crippen LogP contribution in [0.1, 0.15) is 45.4 Å². The highest BCUT2D eigenvalue weighted by Crippen LogP contribution is 2.26. The van der Waals surface area contributed by atoms with Crippen molar-refractivity contribution in [3.63, 3.8) is 0 Å². The van der Waals surface area contributed by atoms with Crippen molar-refractivity contribution in [2.75, 3.05) is 0 Å². The molecule has 1 fully saturated rings. The number of ether oxygens (including phenoxy) is 1. The predicted octanol–water partition coefficient (Wildman–Crippen LogP) is 3.15. The SMILES string of the molecule is CCc1n(CC(=O)OC2CCC[C@@H](C)C2)c2ccccc2[n+]1C. The molecule has 124 valence electrons. The van der Waals surface area contributed by atoms with Crippen LogP contribution in [0.25, 0.3) is 11.0 Å². The number of aryl methyl sites for hydroxylation is 1. The average Bonchev–Trinajstić information content (AvgIpc) is 2.80. The van der Waals surface area contributed by atoms with Crippen LogP contribution >= 0.6 is 0 Å². The molecule has 1 aromatic carbocycles. The van der Waals surface area contributed by atoms with Gasteiger partial charge in [0.15, 0.2) is 17.6 Å². The fourth-order valence-electron chi connectivity index (χ4n) is 3.88. The Morgan fingerprint density at radius 2 is 2.13 bits per heavy atom. The molecule has 2 aromatic rings. The van der Waals surface area contributed by atoms with Crippen LogP contribution in [0.15, 0.2) is 24.3 Å². The maximum absolute atomic E-state index is 12.5. The third-order valence-electron chi connectivity index (χ3n) is 5.02. The van der Waals surface area contributed by atoms with Gasteiger partial charge in [-0.1, -0.05) is 32.4 Å². The summed E-state index contributed by atoms with van der Waals surface area (Å²) in [7, 11) is 2.06. The lowest BCUT2D eigenvalue weighted by Gasteiger charge is -2.26. The number of imidazole rings is 1. The lowest BCUT2D eigenvalue weighted by atomic mass is 9.89. The molecule has 1 aliphatic rings. The second kappa shape index (κ2) is 6.73. The molecular formula is C19H27N2O2+. The number of aromatic nitrogens is 2. The Morgan fingerprint density at radius 1 is 1.35 bits per heavy atom. The first-order chi connectivity index (χ1) is 11.1. The third-order valence-corrected chi connectivity index (χ3v) is 5.02. The number of fused-ring (bicyclic) bond motifs is 1. The molecule has 0 N–H and O–H groups in total. The minimum absolute atomic E-state index is 0.104. The molecule has 1 saturated carbocycles. The lowest BCUT2D eigenvalue weighted by Crippen LogP contribution is -2.33. The monoisotopic (exact) mass is 315 g/mol. The molecule has 0 radical (unpaired) electrons. The number of hydrogen-bond donors (Lipinski definition) is 0. The Balaban J connectivity index is 1.79. The van der Waals surface area contributed by atoms with Gasteiger partial charge in [0.2, 0.25) is 0 Å². The van der Waals surface area contributed by atoms with Gasteiger partial charge in [0.25, 0.3) is 5.82 Å². The largest absolute Gasteiger partial charge is 0.459 e. The molecule has 23 heavy (non-hydrogen) atoms. The molecule has 0 saturated heterocycles. The van der Waals surface area contributed by atoms with E-state index >= 15 is 0 Å². The number of para-hydroxylation sites is 2. The number of carbonyl (C=O) groups is 1. The van der Waals surface area contributed by atoms with Crippen LogP contribution in [0, 0.1) is 5.92 Å². The molecular weight excluding hydrogens is 288 g/mol. The average molecular weight is 315 g/mol. The van der Waals surface area contributed by atoms with Gasteiger partial charge in [0.05, 0.1) is 7.05 Å². The standard InChI is InChI=1S/C19H27N2O2/c1-4-18-20(3)16-10-5-6-11-17(16)21(18)13-19(22)23-15-9-7-8-14(2)12-15/h5-6,10-11,14-15H,4,7-9,12-13H2,1-3H3/q+1/t14-,15?/m1/s1. The number of carbonyl (C=O) groups excluding carboxylic acids is 1. The zero-order valence-corrected chi connectivity index (χ0v) is 14.4. The normalized spacial score (nSPS) is 21.5. The van der Waals surface area contributed by atoms with Gasteiger partial charge in [0, 0.05) is 6.42 Å². The number of benzene rings is 1. The Kier molecular flexibility index (Phi) is 4.69. The van der Waals surface area contributed by atoms with Crippen molar-refractivity contribution < 1.29 is 14.1 Å². The lowest BCUT2D eigenvalue weighted by molar-refractivity contribution is -0.653. The minimum atomic E-state index is -0.111. The summed E-state index contributed by atoms with van der Waals surface area (Å²) in [6.07, 6.45) is 5.43. The second-order valence-corrected chi connectivity index (χ2v) is 6.79. The van der Waals surface area contributed by atoms with Crippen molar-refractivity contribution in [3.05, 3.63) is 30.1 Å². The highest BCUT2D eigenvalue weighted by molar-refractivity contribution is 5.76. The van der Waals surface area contributed by atoms with E-state index in [2.05, 4.69) is 42.2 Å². The van der Waals surface area contributed by atoms with Crippen LogP contribution in [0.3, 0.4) is 0 Å².